The molecular formula is C19H22N2. The number of hydrogen-bond acceptors (Lipinski definition) is 1. The van der Waals surface area contributed by atoms with Crippen LogP contribution in [0.5, 0.6) is 0 Å². The fourth-order valence-electron chi connectivity index (χ4n) is 3.10. The second-order valence-electron chi connectivity index (χ2n) is 6.24. The van der Waals surface area contributed by atoms with Crippen LogP contribution in [0.15, 0.2) is 42.5 Å². The van der Waals surface area contributed by atoms with Crippen LogP contribution < -0.4 is 5.32 Å². The Hall–Kier alpha value is -1.80. The van der Waals surface area contributed by atoms with Crippen LogP contribution in [0.25, 0.3) is 21.8 Å². The van der Waals surface area contributed by atoms with Crippen LogP contribution >= 0.6 is 0 Å². The van der Waals surface area contributed by atoms with E-state index in [1.54, 1.807) is 0 Å². The lowest BCUT2D eigenvalue weighted by Gasteiger charge is -2.04. The van der Waals surface area contributed by atoms with Crippen molar-refractivity contribution in [2.75, 3.05) is 6.54 Å². The Bertz CT molecular complexity index is 752. The van der Waals surface area contributed by atoms with Gasteiger partial charge in [-0.1, -0.05) is 24.3 Å². The van der Waals surface area contributed by atoms with E-state index >= 15 is 0 Å². The van der Waals surface area contributed by atoms with Crippen LogP contribution in [0.3, 0.4) is 0 Å². The Kier molecular flexibility index (Phi) is 3.40. The summed E-state index contributed by atoms with van der Waals surface area (Å²) in [5, 5.41) is 6.29. The molecule has 21 heavy (non-hydrogen) atoms. The number of para-hydroxylation sites is 1. The lowest BCUT2D eigenvalue weighted by molar-refractivity contribution is 0.620. The molecule has 3 aromatic rings. The molecule has 108 valence electrons. The van der Waals surface area contributed by atoms with Crippen molar-refractivity contribution in [3.8, 4) is 0 Å². The minimum atomic E-state index is 0.840. The maximum absolute atomic E-state index is 3.59. The van der Waals surface area contributed by atoms with E-state index in [1.165, 1.54) is 66.0 Å². The van der Waals surface area contributed by atoms with E-state index in [2.05, 4.69) is 52.8 Å². The Balaban J connectivity index is 1.46. The predicted octanol–water partition coefficient (Wildman–Crippen LogP) is 4.40. The van der Waals surface area contributed by atoms with E-state index in [0.717, 1.165) is 6.04 Å². The molecule has 0 spiro atoms. The molecule has 0 saturated heterocycles. The van der Waals surface area contributed by atoms with Crippen LogP contribution in [0.4, 0.5) is 0 Å². The van der Waals surface area contributed by atoms with Crippen LogP contribution in [0, 0.1) is 0 Å². The first-order valence-corrected chi connectivity index (χ1v) is 8.13. The predicted molar refractivity (Wildman–Crippen MR) is 89.8 cm³/mol. The van der Waals surface area contributed by atoms with Gasteiger partial charge in [0.1, 0.15) is 0 Å². The van der Waals surface area contributed by atoms with Gasteiger partial charge in [0, 0.05) is 27.8 Å². The topological polar surface area (TPSA) is 27.8 Å². The standard InChI is InChI=1S/C19H22N2/c1-2-7-18-16(6-1)17-13-14(8-11-19(17)21-18)5-3-4-12-20-15-9-10-15/h1-2,6-8,11,13,15,20-21H,3-5,9-10,12H2. The molecule has 0 bridgehead atoms. The molecule has 0 unspecified atom stereocenters. The lowest BCUT2D eigenvalue weighted by Crippen LogP contribution is -2.17. The first-order chi connectivity index (χ1) is 10.4. The van der Waals surface area contributed by atoms with Gasteiger partial charge < -0.3 is 10.3 Å². The lowest BCUT2D eigenvalue weighted by atomic mass is 10.0. The number of unbranched alkanes of at least 4 members (excludes halogenated alkanes) is 1. The van der Waals surface area contributed by atoms with E-state index in [0.29, 0.717) is 0 Å². The summed E-state index contributed by atoms with van der Waals surface area (Å²) >= 11 is 0. The van der Waals surface area contributed by atoms with E-state index in [-0.39, 0.29) is 0 Å². The third kappa shape index (κ3) is 2.81. The average Bonchev–Trinajstić information content (AvgIpc) is 3.26. The Morgan fingerprint density at radius 1 is 0.952 bits per heavy atom. The molecule has 2 aromatic carbocycles. The molecule has 1 aromatic heterocycles. The van der Waals surface area contributed by atoms with Crippen LogP contribution in [-0.4, -0.2) is 17.6 Å². The quantitative estimate of drug-likeness (QED) is 0.643. The second-order valence-corrected chi connectivity index (χ2v) is 6.24. The van der Waals surface area contributed by atoms with E-state index in [1.807, 2.05) is 0 Å². The molecule has 2 heteroatoms. The highest BCUT2D eigenvalue weighted by atomic mass is 14.9. The maximum Gasteiger partial charge on any atom is 0.0465 e. The van der Waals surface area contributed by atoms with Crippen molar-refractivity contribution >= 4 is 21.8 Å². The maximum atomic E-state index is 3.59. The Labute approximate surface area is 125 Å². The van der Waals surface area contributed by atoms with Crippen molar-refractivity contribution in [3.63, 3.8) is 0 Å². The number of aromatic nitrogens is 1. The normalized spacial score (nSPS) is 15.0. The molecule has 0 amide bonds. The Morgan fingerprint density at radius 2 is 1.81 bits per heavy atom. The third-order valence-corrected chi connectivity index (χ3v) is 4.47. The molecule has 2 N–H and O–H groups in total. The van der Waals surface area contributed by atoms with Crippen molar-refractivity contribution in [2.24, 2.45) is 0 Å². The highest BCUT2D eigenvalue weighted by molar-refractivity contribution is 6.07. The molecule has 1 fully saturated rings. The monoisotopic (exact) mass is 278 g/mol. The van der Waals surface area contributed by atoms with Gasteiger partial charge >= 0.3 is 0 Å². The van der Waals surface area contributed by atoms with Gasteiger partial charge in [0.2, 0.25) is 0 Å². The van der Waals surface area contributed by atoms with Crippen LogP contribution in [0.2, 0.25) is 0 Å². The number of H-pyrrole nitrogens is 1. The van der Waals surface area contributed by atoms with Gasteiger partial charge in [0.15, 0.2) is 0 Å². The number of hydrogen-bond donors (Lipinski definition) is 2. The third-order valence-electron chi connectivity index (χ3n) is 4.47. The zero-order valence-electron chi connectivity index (χ0n) is 12.4. The largest absolute Gasteiger partial charge is 0.355 e. The Morgan fingerprint density at radius 3 is 2.71 bits per heavy atom. The number of rotatable bonds is 6. The van der Waals surface area contributed by atoms with Gasteiger partial charge in [-0.25, -0.2) is 0 Å². The van der Waals surface area contributed by atoms with Gasteiger partial charge in [-0.2, -0.15) is 0 Å². The second kappa shape index (κ2) is 5.53. The molecule has 1 heterocycles. The summed E-state index contributed by atoms with van der Waals surface area (Å²) in [7, 11) is 0. The summed E-state index contributed by atoms with van der Waals surface area (Å²) in [6, 6.07) is 16.3. The van der Waals surface area contributed by atoms with Crippen molar-refractivity contribution in [1.29, 1.82) is 0 Å². The van der Waals surface area contributed by atoms with E-state index in [9.17, 15) is 0 Å². The zero-order chi connectivity index (χ0) is 14.1. The highest BCUT2D eigenvalue weighted by Crippen LogP contribution is 2.26. The van der Waals surface area contributed by atoms with Crippen molar-refractivity contribution in [3.05, 3.63) is 48.0 Å². The molecule has 4 rings (SSSR count). The van der Waals surface area contributed by atoms with Gasteiger partial charge in [-0.3, -0.25) is 0 Å². The molecule has 2 nitrogen and oxygen atoms in total. The first-order valence-electron chi connectivity index (χ1n) is 8.13. The van der Waals surface area contributed by atoms with E-state index in [4.69, 9.17) is 0 Å². The van der Waals surface area contributed by atoms with Crippen molar-refractivity contribution in [1.82, 2.24) is 10.3 Å². The summed E-state index contributed by atoms with van der Waals surface area (Å²) in [5.74, 6) is 0. The molecular weight excluding hydrogens is 256 g/mol. The number of aromatic amines is 1. The molecule has 1 saturated carbocycles. The highest BCUT2D eigenvalue weighted by Gasteiger charge is 2.19. The van der Waals surface area contributed by atoms with Gasteiger partial charge in [-0.05, 0) is 62.4 Å². The van der Waals surface area contributed by atoms with Gasteiger partial charge in [-0.15, -0.1) is 0 Å². The smallest absolute Gasteiger partial charge is 0.0465 e. The minimum Gasteiger partial charge on any atom is -0.355 e. The SMILES string of the molecule is c1ccc2c(c1)[nH]c1ccc(CCCCNC3CC3)cc12. The molecule has 0 aliphatic heterocycles. The van der Waals surface area contributed by atoms with Crippen LogP contribution in [0.1, 0.15) is 31.2 Å². The fraction of sp³-hybridized carbons (Fsp3) is 0.368. The molecule has 1 aliphatic rings. The number of benzene rings is 2. The minimum absolute atomic E-state index is 0.840. The summed E-state index contributed by atoms with van der Waals surface area (Å²) in [6.07, 6.45) is 6.51. The molecule has 1 aliphatic carbocycles. The van der Waals surface area contributed by atoms with Crippen LogP contribution in [-0.2, 0) is 6.42 Å². The zero-order valence-corrected chi connectivity index (χ0v) is 12.4. The molecule has 0 radical (unpaired) electrons. The van der Waals surface area contributed by atoms with Crippen molar-refractivity contribution in [2.45, 2.75) is 38.1 Å². The fourth-order valence-corrected chi connectivity index (χ4v) is 3.10. The summed E-state index contributed by atoms with van der Waals surface area (Å²) < 4.78 is 0. The van der Waals surface area contributed by atoms with Crippen molar-refractivity contribution < 1.29 is 0 Å². The average molecular weight is 278 g/mol. The van der Waals surface area contributed by atoms with E-state index < -0.39 is 0 Å². The summed E-state index contributed by atoms with van der Waals surface area (Å²) in [5.41, 5.74) is 3.94. The number of fused-ring (bicyclic) bond motifs is 3. The number of nitrogens with one attached hydrogen (secondary N) is 2. The molecule has 0 atom stereocenters. The summed E-state index contributed by atoms with van der Waals surface area (Å²) in [6.45, 7) is 1.18. The number of aryl methyl sites for hydroxylation is 1. The van der Waals surface area contributed by atoms with Gasteiger partial charge in [0.25, 0.3) is 0 Å². The summed E-state index contributed by atoms with van der Waals surface area (Å²) in [4.78, 5) is 3.49. The van der Waals surface area contributed by atoms with Gasteiger partial charge in [0.05, 0.1) is 0 Å². The first kappa shape index (κ1) is 12.9.